The molecule has 116 valence electrons. The minimum atomic E-state index is -0.545. The fraction of sp³-hybridized carbons (Fsp3) is 0.533. The summed E-state index contributed by atoms with van der Waals surface area (Å²) in [6.07, 6.45) is 4.30. The van der Waals surface area contributed by atoms with Crippen LogP contribution in [0, 0.1) is 5.82 Å². The lowest BCUT2D eigenvalue weighted by Gasteiger charge is -2.35. The highest BCUT2D eigenvalue weighted by Gasteiger charge is 2.36. The second kappa shape index (κ2) is 6.51. The van der Waals surface area contributed by atoms with Gasteiger partial charge in [-0.05, 0) is 37.8 Å². The summed E-state index contributed by atoms with van der Waals surface area (Å²) in [5.74, 6) is -0.739. The summed E-state index contributed by atoms with van der Waals surface area (Å²) in [5.41, 5.74) is 0.250. The van der Waals surface area contributed by atoms with Crippen LogP contribution in [0.15, 0.2) is 18.2 Å². The van der Waals surface area contributed by atoms with Gasteiger partial charge in [0, 0.05) is 25.2 Å². The summed E-state index contributed by atoms with van der Waals surface area (Å²) >= 11 is 5.91. The molecule has 2 aliphatic rings. The maximum absolute atomic E-state index is 13.5. The number of benzene rings is 1. The standard InChI is InChI=1S/C15H18ClFN2O.ClH/c1-19(11-7-9-5-6-10(8-11)18-9)15(20)12-3-2-4-13(17)14(12)16;/h2-4,9-11,18H,5-8H2,1H3;1H. The molecular formula is C15H19Cl2FN2O. The van der Waals surface area contributed by atoms with Crippen LogP contribution in [0.1, 0.15) is 36.0 Å². The zero-order valence-corrected chi connectivity index (χ0v) is 13.4. The van der Waals surface area contributed by atoms with Crippen molar-refractivity contribution in [3.8, 4) is 0 Å². The van der Waals surface area contributed by atoms with Gasteiger partial charge in [0.25, 0.3) is 5.91 Å². The van der Waals surface area contributed by atoms with Crippen molar-refractivity contribution in [2.24, 2.45) is 0 Å². The van der Waals surface area contributed by atoms with E-state index in [1.54, 1.807) is 18.0 Å². The van der Waals surface area contributed by atoms with Gasteiger partial charge in [-0.25, -0.2) is 4.39 Å². The summed E-state index contributed by atoms with van der Waals surface area (Å²) in [5, 5.41) is 3.47. The highest BCUT2D eigenvalue weighted by molar-refractivity contribution is 6.34. The van der Waals surface area contributed by atoms with Crippen LogP contribution in [-0.4, -0.2) is 36.0 Å². The summed E-state index contributed by atoms with van der Waals surface area (Å²) in [4.78, 5) is 14.2. The van der Waals surface area contributed by atoms with Crippen molar-refractivity contribution in [3.05, 3.63) is 34.6 Å². The zero-order valence-electron chi connectivity index (χ0n) is 11.8. The molecule has 0 radical (unpaired) electrons. The lowest BCUT2D eigenvalue weighted by Crippen LogP contribution is -2.48. The SMILES string of the molecule is CN(C(=O)c1cccc(F)c1Cl)C1CC2CCC(C1)N2.Cl. The highest BCUT2D eigenvalue weighted by Crippen LogP contribution is 2.30. The number of hydrogen-bond donors (Lipinski definition) is 1. The van der Waals surface area contributed by atoms with Crippen molar-refractivity contribution in [2.75, 3.05) is 7.05 Å². The molecule has 6 heteroatoms. The van der Waals surface area contributed by atoms with Gasteiger partial charge in [0.2, 0.25) is 0 Å². The summed E-state index contributed by atoms with van der Waals surface area (Å²) in [6.45, 7) is 0. The quantitative estimate of drug-likeness (QED) is 0.901. The number of amides is 1. The number of carbonyl (C=O) groups is 1. The van der Waals surface area contributed by atoms with E-state index in [9.17, 15) is 9.18 Å². The Labute approximate surface area is 135 Å². The molecule has 2 fully saturated rings. The first-order valence-corrected chi connectivity index (χ1v) is 7.41. The van der Waals surface area contributed by atoms with E-state index in [1.807, 2.05) is 0 Å². The maximum Gasteiger partial charge on any atom is 0.255 e. The molecule has 3 nitrogen and oxygen atoms in total. The van der Waals surface area contributed by atoms with Crippen molar-refractivity contribution >= 4 is 29.9 Å². The van der Waals surface area contributed by atoms with Crippen LogP contribution in [0.5, 0.6) is 0 Å². The molecule has 1 amide bonds. The molecule has 2 saturated heterocycles. The Morgan fingerprint density at radius 2 is 1.95 bits per heavy atom. The Morgan fingerprint density at radius 1 is 1.33 bits per heavy atom. The number of fused-ring (bicyclic) bond motifs is 2. The Morgan fingerprint density at radius 3 is 2.57 bits per heavy atom. The van der Waals surface area contributed by atoms with Crippen LogP contribution in [0.4, 0.5) is 4.39 Å². The second-order valence-corrected chi connectivity index (χ2v) is 6.16. The van der Waals surface area contributed by atoms with Crippen molar-refractivity contribution in [1.82, 2.24) is 10.2 Å². The van der Waals surface area contributed by atoms with E-state index in [4.69, 9.17) is 11.6 Å². The molecule has 1 aromatic rings. The summed E-state index contributed by atoms with van der Waals surface area (Å²) < 4.78 is 13.5. The number of nitrogens with zero attached hydrogens (tertiary/aromatic N) is 1. The molecule has 0 aromatic heterocycles. The molecule has 2 aliphatic heterocycles. The van der Waals surface area contributed by atoms with E-state index < -0.39 is 5.82 Å². The largest absolute Gasteiger partial charge is 0.339 e. The van der Waals surface area contributed by atoms with Gasteiger partial charge in [-0.15, -0.1) is 12.4 Å². The fourth-order valence-corrected chi connectivity index (χ4v) is 3.58. The third-order valence-electron chi connectivity index (χ3n) is 4.50. The Kier molecular flexibility index (Phi) is 5.12. The smallest absolute Gasteiger partial charge is 0.255 e. The molecular weight excluding hydrogens is 314 g/mol. The van der Waals surface area contributed by atoms with Gasteiger partial charge < -0.3 is 10.2 Å². The van der Waals surface area contributed by atoms with Crippen molar-refractivity contribution in [2.45, 2.75) is 43.8 Å². The predicted octanol–water partition coefficient (Wildman–Crippen LogP) is 3.26. The Bertz CT molecular complexity index is 528. The normalized spacial score (nSPS) is 27.1. The van der Waals surface area contributed by atoms with E-state index >= 15 is 0 Å². The zero-order chi connectivity index (χ0) is 14.3. The molecule has 3 rings (SSSR count). The summed E-state index contributed by atoms with van der Waals surface area (Å²) in [6, 6.07) is 5.60. The van der Waals surface area contributed by atoms with Crippen molar-refractivity contribution in [1.29, 1.82) is 0 Å². The van der Waals surface area contributed by atoms with E-state index in [1.165, 1.54) is 25.0 Å². The molecule has 0 spiro atoms. The first-order valence-electron chi connectivity index (χ1n) is 7.03. The van der Waals surface area contributed by atoms with Crippen LogP contribution in [0.2, 0.25) is 5.02 Å². The molecule has 0 saturated carbocycles. The lowest BCUT2D eigenvalue weighted by atomic mass is 9.98. The van der Waals surface area contributed by atoms with E-state index in [0.29, 0.717) is 12.1 Å². The average Bonchev–Trinajstić information content (AvgIpc) is 2.79. The number of hydrogen-bond acceptors (Lipinski definition) is 2. The van der Waals surface area contributed by atoms with E-state index in [2.05, 4.69) is 5.32 Å². The number of nitrogens with one attached hydrogen (secondary N) is 1. The van der Waals surface area contributed by atoms with Gasteiger partial charge >= 0.3 is 0 Å². The predicted molar refractivity (Wildman–Crippen MR) is 83.7 cm³/mol. The molecule has 2 atom stereocenters. The molecule has 2 unspecified atom stereocenters. The van der Waals surface area contributed by atoms with Crippen molar-refractivity contribution < 1.29 is 9.18 Å². The topological polar surface area (TPSA) is 32.3 Å². The number of rotatable bonds is 2. The minimum absolute atomic E-state index is 0. The van der Waals surface area contributed by atoms with Crippen LogP contribution in [0.25, 0.3) is 0 Å². The summed E-state index contributed by atoms with van der Waals surface area (Å²) in [7, 11) is 1.79. The molecule has 21 heavy (non-hydrogen) atoms. The monoisotopic (exact) mass is 332 g/mol. The Hall–Kier alpha value is -0.840. The average molecular weight is 333 g/mol. The van der Waals surface area contributed by atoms with Gasteiger partial charge in [-0.1, -0.05) is 17.7 Å². The molecule has 1 aromatic carbocycles. The molecule has 2 heterocycles. The van der Waals surface area contributed by atoms with E-state index in [0.717, 1.165) is 12.8 Å². The van der Waals surface area contributed by atoms with Crippen LogP contribution >= 0.6 is 24.0 Å². The third-order valence-corrected chi connectivity index (χ3v) is 4.88. The fourth-order valence-electron chi connectivity index (χ4n) is 3.37. The number of carbonyl (C=O) groups excluding carboxylic acids is 1. The molecule has 1 N–H and O–H groups in total. The van der Waals surface area contributed by atoms with Gasteiger partial charge in [0.15, 0.2) is 0 Å². The molecule has 2 bridgehead atoms. The second-order valence-electron chi connectivity index (χ2n) is 5.78. The van der Waals surface area contributed by atoms with Gasteiger partial charge in [0.05, 0.1) is 10.6 Å². The number of halogens is 3. The van der Waals surface area contributed by atoms with Gasteiger partial charge in [-0.3, -0.25) is 4.79 Å². The van der Waals surface area contributed by atoms with Gasteiger partial charge in [-0.2, -0.15) is 0 Å². The lowest BCUT2D eigenvalue weighted by molar-refractivity contribution is 0.0681. The first kappa shape index (κ1) is 16.5. The maximum atomic E-state index is 13.5. The Balaban J connectivity index is 0.00000161. The van der Waals surface area contributed by atoms with Gasteiger partial charge in [0.1, 0.15) is 5.82 Å². The van der Waals surface area contributed by atoms with Crippen LogP contribution < -0.4 is 5.32 Å². The van der Waals surface area contributed by atoms with Crippen LogP contribution in [0.3, 0.4) is 0 Å². The van der Waals surface area contributed by atoms with E-state index in [-0.39, 0.29) is 34.9 Å². The minimum Gasteiger partial charge on any atom is -0.339 e. The third kappa shape index (κ3) is 3.17. The molecule has 0 aliphatic carbocycles. The number of piperidine rings is 1. The van der Waals surface area contributed by atoms with Crippen molar-refractivity contribution in [3.63, 3.8) is 0 Å². The first-order chi connectivity index (χ1) is 9.56. The highest BCUT2D eigenvalue weighted by atomic mass is 35.5. The van der Waals surface area contributed by atoms with Crippen LogP contribution in [-0.2, 0) is 0 Å².